The summed E-state index contributed by atoms with van der Waals surface area (Å²) in [5.41, 5.74) is 7.19. The van der Waals surface area contributed by atoms with Crippen LogP contribution in [0.3, 0.4) is 0 Å². The van der Waals surface area contributed by atoms with E-state index in [1.54, 1.807) is 12.3 Å². The van der Waals surface area contributed by atoms with E-state index in [4.69, 9.17) is 10.5 Å². The molecule has 1 heterocycles. The van der Waals surface area contributed by atoms with Gasteiger partial charge in [-0.3, -0.25) is 4.79 Å². The second-order valence-corrected chi connectivity index (χ2v) is 5.79. The number of nitrogens with zero attached hydrogens (tertiary/aromatic N) is 1. The van der Waals surface area contributed by atoms with Crippen molar-refractivity contribution in [1.29, 1.82) is 0 Å². The largest absolute Gasteiger partial charge is 0.461 e. The van der Waals surface area contributed by atoms with Crippen LogP contribution in [0.2, 0.25) is 0 Å². The highest BCUT2D eigenvalue weighted by molar-refractivity contribution is 7.09. The van der Waals surface area contributed by atoms with E-state index in [0.717, 1.165) is 5.56 Å². The van der Waals surface area contributed by atoms with E-state index in [1.165, 1.54) is 11.3 Å². The first-order valence-electron chi connectivity index (χ1n) is 7.29. The molecule has 0 spiro atoms. The van der Waals surface area contributed by atoms with Gasteiger partial charge in [-0.05, 0) is 12.5 Å². The van der Waals surface area contributed by atoms with Crippen molar-refractivity contribution >= 4 is 23.2 Å². The first kappa shape index (κ1) is 17.1. The highest BCUT2D eigenvalue weighted by Gasteiger charge is 2.14. The molecule has 6 nitrogen and oxygen atoms in total. The maximum Gasteiger partial charge on any atom is 0.357 e. The van der Waals surface area contributed by atoms with Gasteiger partial charge in [0.05, 0.1) is 13.2 Å². The molecule has 0 radical (unpaired) electrons. The number of ether oxygens (including phenoxy) is 1. The Morgan fingerprint density at radius 3 is 2.78 bits per heavy atom. The molecular formula is C16H19N3O3S. The summed E-state index contributed by atoms with van der Waals surface area (Å²) in [6.07, 6.45) is 0.195. The van der Waals surface area contributed by atoms with Gasteiger partial charge in [0.2, 0.25) is 5.91 Å². The fraction of sp³-hybridized carbons (Fsp3) is 0.312. The first-order valence-corrected chi connectivity index (χ1v) is 8.17. The fourth-order valence-corrected chi connectivity index (χ4v) is 2.66. The van der Waals surface area contributed by atoms with Crippen molar-refractivity contribution in [2.75, 3.05) is 6.61 Å². The number of thiazole rings is 1. The van der Waals surface area contributed by atoms with Crippen LogP contribution >= 0.6 is 11.3 Å². The van der Waals surface area contributed by atoms with Crippen LogP contribution < -0.4 is 11.1 Å². The number of aromatic nitrogens is 1. The van der Waals surface area contributed by atoms with E-state index in [1.807, 2.05) is 30.3 Å². The average Bonchev–Trinajstić information content (AvgIpc) is 3.03. The minimum atomic E-state index is -0.451. The van der Waals surface area contributed by atoms with Crippen LogP contribution in [0.5, 0.6) is 0 Å². The molecular weight excluding hydrogens is 314 g/mol. The Labute approximate surface area is 138 Å². The predicted octanol–water partition coefficient (Wildman–Crippen LogP) is 2.03. The number of rotatable bonds is 7. The molecule has 2 aromatic rings. The molecule has 1 unspecified atom stereocenters. The monoisotopic (exact) mass is 333 g/mol. The molecule has 0 saturated carbocycles. The molecule has 7 heteroatoms. The van der Waals surface area contributed by atoms with E-state index >= 15 is 0 Å². The van der Waals surface area contributed by atoms with Crippen molar-refractivity contribution in [2.45, 2.75) is 25.9 Å². The van der Waals surface area contributed by atoms with Crippen LogP contribution in [-0.4, -0.2) is 23.5 Å². The van der Waals surface area contributed by atoms with Crippen molar-refractivity contribution in [1.82, 2.24) is 10.3 Å². The zero-order valence-corrected chi connectivity index (χ0v) is 13.6. The Balaban J connectivity index is 1.81. The van der Waals surface area contributed by atoms with Crippen LogP contribution in [-0.2, 0) is 16.1 Å². The molecule has 2 rings (SSSR count). The van der Waals surface area contributed by atoms with Crippen LogP contribution in [0.4, 0.5) is 0 Å². The number of esters is 1. The van der Waals surface area contributed by atoms with Crippen molar-refractivity contribution in [2.24, 2.45) is 5.73 Å². The van der Waals surface area contributed by atoms with Crippen LogP contribution in [0.1, 0.15) is 40.4 Å². The molecule has 0 aliphatic heterocycles. The van der Waals surface area contributed by atoms with Crippen molar-refractivity contribution < 1.29 is 14.3 Å². The molecule has 1 aromatic heterocycles. The van der Waals surface area contributed by atoms with E-state index in [2.05, 4.69) is 10.3 Å². The lowest BCUT2D eigenvalue weighted by molar-refractivity contribution is -0.121. The number of benzene rings is 1. The lowest BCUT2D eigenvalue weighted by Crippen LogP contribution is -2.27. The number of nitrogens with two attached hydrogens (primary N) is 1. The molecule has 3 N–H and O–H groups in total. The normalized spacial score (nSPS) is 11.7. The smallest absolute Gasteiger partial charge is 0.357 e. The summed E-state index contributed by atoms with van der Waals surface area (Å²) < 4.78 is 4.87. The average molecular weight is 333 g/mol. The molecule has 0 aliphatic rings. The maximum atomic E-state index is 11.9. The minimum absolute atomic E-state index is 0.158. The number of carbonyl (C=O) groups is 2. The third kappa shape index (κ3) is 5.15. The zero-order chi connectivity index (χ0) is 16.7. The SMILES string of the molecule is CCOC(=O)c1csc(CNC(=O)CC(N)c2ccccc2)n1. The van der Waals surface area contributed by atoms with Crippen LogP contribution in [0.25, 0.3) is 0 Å². The van der Waals surface area contributed by atoms with Gasteiger partial charge in [-0.15, -0.1) is 11.3 Å². The Hall–Kier alpha value is -2.25. The van der Waals surface area contributed by atoms with Crippen molar-refractivity contribution in [3.05, 3.63) is 52.0 Å². The molecule has 0 aliphatic carbocycles. The predicted molar refractivity (Wildman–Crippen MR) is 87.9 cm³/mol. The van der Waals surface area contributed by atoms with Gasteiger partial charge < -0.3 is 15.8 Å². The van der Waals surface area contributed by atoms with Gasteiger partial charge in [0.25, 0.3) is 0 Å². The Bertz CT molecular complexity index is 658. The van der Waals surface area contributed by atoms with Crippen molar-refractivity contribution in [3.8, 4) is 0 Å². The second-order valence-electron chi connectivity index (χ2n) is 4.84. The van der Waals surface area contributed by atoms with Gasteiger partial charge >= 0.3 is 5.97 Å². The van der Waals surface area contributed by atoms with Gasteiger partial charge in [0, 0.05) is 17.8 Å². The fourth-order valence-electron chi connectivity index (χ4n) is 1.96. The molecule has 0 bridgehead atoms. The van der Waals surface area contributed by atoms with Gasteiger partial charge in [0.1, 0.15) is 5.01 Å². The lowest BCUT2D eigenvalue weighted by atomic mass is 10.0. The number of carbonyl (C=O) groups excluding carboxylic acids is 2. The first-order chi connectivity index (χ1) is 11.1. The van der Waals surface area contributed by atoms with E-state index in [-0.39, 0.29) is 30.6 Å². The highest BCUT2D eigenvalue weighted by Crippen LogP contribution is 2.14. The third-order valence-electron chi connectivity index (χ3n) is 3.11. The van der Waals surface area contributed by atoms with E-state index < -0.39 is 5.97 Å². The summed E-state index contributed by atoms with van der Waals surface area (Å²) in [7, 11) is 0. The maximum absolute atomic E-state index is 11.9. The molecule has 23 heavy (non-hydrogen) atoms. The summed E-state index contributed by atoms with van der Waals surface area (Å²) in [4.78, 5) is 27.6. The summed E-state index contributed by atoms with van der Waals surface area (Å²) in [6.45, 7) is 2.31. The number of hydrogen-bond donors (Lipinski definition) is 2. The van der Waals surface area contributed by atoms with Gasteiger partial charge in [-0.25, -0.2) is 9.78 Å². The molecule has 122 valence electrons. The summed E-state index contributed by atoms with van der Waals surface area (Å²) >= 11 is 1.30. The Kier molecular flexibility index (Phi) is 6.25. The molecule has 0 fully saturated rings. The number of hydrogen-bond acceptors (Lipinski definition) is 6. The summed E-state index contributed by atoms with van der Waals surface area (Å²) in [6, 6.07) is 9.12. The van der Waals surface area contributed by atoms with Gasteiger partial charge in [-0.2, -0.15) is 0 Å². The molecule has 1 amide bonds. The standard InChI is InChI=1S/C16H19N3O3S/c1-2-22-16(21)13-10-23-15(19-13)9-18-14(20)8-12(17)11-6-4-3-5-7-11/h3-7,10,12H,2,8-9,17H2,1H3,(H,18,20). The minimum Gasteiger partial charge on any atom is -0.461 e. The number of amides is 1. The molecule has 1 atom stereocenters. The second kappa shape index (κ2) is 8.40. The summed E-state index contributed by atoms with van der Waals surface area (Å²) in [5, 5.41) is 5.03. The zero-order valence-electron chi connectivity index (χ0n) is 12.8. The molecule has 1 aromatic carbocycles. The van der Waals surface area contributed by atoms with Gasteiger partial charge in [-0.1, -0.05) is 30.3 Å². The quantitative estimate of drug-likeness (QED) is 0.756. The number of nitrogens with one attached hydrogen (secondary N) is 1. The van der Waals surface area contributed by atoms with Crippen LogP contribution in [0, 0.1) is 0 Å². The Morgan fingerprint density at radius 2 is 2.09 bits per heavy atom. The van der Waals surface area contributed by atoms with Crippen LogP contribution in [0.15, 0.2) is 35.7 Å². The summed E-state index contributed by atoms with van der Waals surface area (Å²) in [5.74, 6) is -0.610. The van der Waals surface area contributed by atoms with E-state index in [0.29, 0.717) is 11.6 Å². The lowest BCUT2D eigenvalue weighted by Gasteiger charge is -2.11. The third-order valence-corrected chi connectivity index (χ3v) is 3.95. The van der Waals surface area contributed by atoms with Crippen molar-refractivity contribution in [3.63, 3.8) is 0 Å². The highest BCUT2D eigenvalue weighted by atomic mass is 32.1. The topological polar surface area (TPSA) is 94.3 Å². The molecule has 0 saturated heterocycles. The van der Waals surface area contributed by atoms with E-state index in [9.17, 15) is 9.59 Å². The Morgan fingerprint density at radius 1 is 1.35 bits per heavy atom. The van der Waals surface area contributed by atoms with Gasteiger partial charge in [0.15, 0.2) is 5.69 Å².